The highest BCUT2D eigenvalue weighted by Crippen LogP contribution is 2.39. The molecular weight excluding hydrogens is 354 g/mol. The number of benzene rings is 1. The highest BCUT2D eigenvalue weighted by molar-refractivity contribution is 5.77. The lowest BCUT2D eigenvalue weighted by Gasteiger charge is -2.35. The second-order valence-corrected chi connectivity index (χ2v) is 7.28. The molecular formula is C21H23N5O2. The van der Waals surface area contributed by atoms with Gasteiger partial charge < -0.3 is 9.32 Å². The van der Waals surface area contributed by atoms with Crippen LogP contribution in [0.4, 0.5) is 0 Å². The molecule has 0 bridgehead atoms. The maximum absolute atomic E-state index is 13.1. The van der Waals surface area contributed by atoms with Crippen molar-refractivity contribution in [3.63, 3.8) is 0 Å². The first kappa shape index (κ1) is 18.4. The van der Waals surface area contributed by atoms with E-state index in [9.17, 15) is 4.79 Å². The molecule has 7 nitrogen and oxygen atoms in total. The summed E-state index contributed by atoms with van der Waals surface area (Å²) >= 11 is 0. The Labute approximate surface area is 164 Å². The minimum absolute atomic E-state index is 0.0492. The fraction of sp³-hybridized carbons (Fsp3) is 0.476. The van der Waals surface area contributed by atoms with Crippen LogP contribution in [0, 0.1) is 12.3 Å². The molecule has 1 atom stereocenters. The lowest BCUT2D eigenvalue weighted by atomic mass is 9.93. The smallest absolute Gasteiger partial charge is 0.239 e. The van der Waals surface area contributed by atoms with E-state index < -0.39 is 5.66 Å². The van der Waals surface area contributed by atoms with E-state index in [4.69, 9.17) is 10.8 Å². The molecule has 1 aromatic carbocycles. The van der Waals surface area contributed by atoms with Gasteiger partial charge in [-0.2, -0.15) is 10.2 Å². The largest absolute Gasteiger partial charge is 0.423 e. The monoisotopic (exact) mass is 377 g/mol. The SMILES string of the molecule is C#CCCC1(CCC(=O)N2Cc3ccccc3CC2c2nnc(CC)o2)N=N1. The average molecular weight is 377 g/mol. The molecule has 0 spiro atoms. The summed E-state index contributed by atoms with van der Waals surface area (Å²) in [7, 11) is 0. The second-order valence-electron chi connectivity index (χ2n) is 7.28. The van der Waals surface area contributed by atoms with Gasteiger partial charge in [-0.1, -0.05) is 31.2 Å². The van der Waals surface area contributed by atoms with Crippen LogP contribution in [-0.4, -0.2) is 26.7 Å². The third kappa shape index (κ3) is 3.68. The van der Waals surface area contributed by atoms with E-state index in [1.807, 2.05) is 24.0 Å². The molecule has 2 aliphatic rings. The summed E-state index contributed by atoms with van der Waals surface area (Å²) < 4.78 is 5.80. The van der Waals surface area contributed by atoms with E-state index in [1.54, 1.807) is 0 Å². The van der Waals surface area contributed by atoms with E-state index in [0.29, 0.717) is 56.9 Å². The number of aryl methyl sites for hydroxylation is 1. The number of carbonyl (C=O) groups is 1. The van der Waals surface area contributed by atoms with Crippen LogP contribution in [0.2, 0.25) is 0 Å². The van der Waals surface area contributed by atoms with Crippen LogP contribution in [0.1, 0.15) is 61.6 Å². The Bertz CT molecular complexity index is 936. The summed E-state index contributed by atoms with van der Waals surface area (Å²) in [5.74, 6) is 3.76. The summed E-state index contributed by atoms with van der Waals surface area (Å²) in [4.78, 5) is 15.0. The van der Waals surface area contributed by atoms with Gasteiger partial charge in [0.05, 0.1) is 0 Å². The van der Waals surface area contributed by atoms with E-state index in [2.05, 4.69) is 38.5 Å². The fourth-order valence-corrected chi connectivity index (χ4v) is 3.67. The first-order chi connectivity index (χ1) is 13.6. The summed E-state index contributed by atoms with van der Waals surface area (Å²) in [5, 5.41) is 16.6. The molecule has 3 heterocycles. The van der Waals surface area contributed by atoms with Crippen LogP contribution >= 0.6 is 0 Å². The number of hydrogen-bond donors (Lipinski definition) is 0. The zero-order chi connectivity index (χ0) is 19.6. The van der Waals surface area contributed by atoms with Crippen LogP contribution in [-0.2, 0) is 24.2 Å². The van der Waals surface area contributed by atoms with E-state index in [0.717, 1.165) is 5.56 Å². The van der Waals surface area contributed by atoms with Crippen molar-refractivity contribution in [3.8, 4) is 12.3 Å². The number of terminal acetylenes is 1. The van der Waals surface area contributed by atoms with Crippen molar-refractivity contribution in [2.45, 2.75) is 63.7 Å². The topological polar surface area (TPSA) is 84.0 Å². The van der Waals surface area contributed by atoms with Gasteiger partial charge >= 0.3 is 0 Å². The predicted octanol–water partition coefficient (Wildman–Crippen LogP) is 3.61. The molecule has 1 amide bonds. The van der Waals surface area contributed by atoms with Gasteiger partial charge in [0.2, 0.25) is 17.7 Å². The van der Waals surface area contributed by atoms with Crippen molar-refractivity contribution in [1.29, 1.82) is 0 Å². The average Bonchev–Trinajstić information content (AvgIpc) is 3.34. The Balaban J connectivity index is 1.52. The van der Waals surface area contributed by atoms with Crippen molar-refractivity contribution in [1.82, 2.24) is 15.1 Å². The van der Waals surface area contributed by atoms with Crippen LogP contribution < -0.4 is 0 Å². The first-order valence-electron chi connectivity index (χ1n) is 9.70. The van der Waals surface area contributed by atoms with Crippen molar-refractivity contribution in [3.05, 3.63) is 47.2 Å². The molecule has 0 fully saturated rings. The van der Waals surface area contributed by atoms with Crippen LogP contribution in [0.3, 0.4) is 0 Å². The van der Waals surface area contributed by atoms with Crippen molar-refractivity contribution in [2.75, 3.05) is 0 Å². The number of carbonyl (C=O) groups excluding carboxylic acids is 1. The standard InChI is InChI=1S/C21H23N5O2/c1-3-5-11-21(24-25-21)12-10-19(27)26-14-16-9-7-6-8-15(16)13-17(26)20-23-22-18(4-2)28-20/h1,6-9,17H,4-5,10-14H2,2H3. The molecule has 2 aromatic rings. The predicted molar refractivity (Wildman–Crippen MR) is 102 cm³/mol. The van der Waals surface area contributed by atoms with Crippen LogP contribution in [0.5, 0.6) is 0 Å². The summed E-state index contributed by atoms with van der Waals surface area (Å²) in [6.45, 7) is 2.50. The number of nitrogens with zero attached hydrogens (tertiary/aromatic N) is 5. The zero-order valence-corrected chi connectivity index (χ0v) is 16.0. The highest BCUT2D eigenvalue weighted by Gasteiger charge is 2.41. The summed E-state index contributed by atoms with van der Waals surface area (Å²) in [6.07, 6.45) is 8.95. The van der Waals surface area contributed by atoms with Gasteiger partial charge in [0.15, 0.2) is 5.66 Å². The first-order valence-corrected chi connectivity index (χ1v) is 9.70. The van der Waals surface area contributed by atoms with Crippen molar-refractivity contribution in [2.24, 2.45) is 10.2 Å². The van der Waals surface area contributed by atoms with Gasteiger partial charge in [0.1, 0.15) is 6.04 Å². The Hall–Kier alpha value is -3.01. The quantitative estimate of drug-likeness (QED) is 0.690. The van der Waals surface area contributed by atoms with Crippen molar-refractivity contribution >= 4 is 5.91 Å². The van der Waals surface area contributed by atoms with Gasteiger partial charge in [0, 0.05) is 45.1 Å². The number of hydrogen-bond acceptors (Lipinski definition) is 6. The maximum atomic E-state index is 13.1. The molecule has 4 rings (SSSR count). The number of aromatic nitrogens is 2. The lowest BCUT2D eigenvalue weighted by molar-refractivity contribution is -0.135. The van der Waals surface area contributed by atoms with E-state index >= 15 is 0 Å². The van der Waals surface area contributed by atoms with Crippen LogP contribution in [0.25, 0.3) is 0 Å². The van der Waals surface area contributed by atoms with E-state index in [-0.39, 0.29) is 11.9 Å². The van der Waals surface area contributed by atoms with Crippen LogP contribution in [0.15, 0.2) is 38.9 Å². The number of fused-ring (bicyclic) bond motifs is 1. The molecule has 28 heavy (non-hydrogen) atoms. The molecule has 7 heteroatoms. The number of amides is 1. The molecule has 0 saturated heterocycles. The molecule has 0 N–H and O–H groups in total. The normalized spacial score (nSPS) is 19.1. The molecule has 0 saturated carbocycles. The molecule has 0 radical (unpaired) electrons. The molecule has 1 aromatic heterocycles. The maximum Gasteiger partial charge on any atom is 0.239 e. The summed E-state index contributed by atoms with van der Waals surface area (Å²) in [5.41, 5.74) is 1.92. The van der Waals surface area contributed by atoms with Gasteiger partial charge in [-0.25, -0.2) is 0 Å². The van der Waals surface area contributed by atoms with Gasteiger partial charge in [0.25, 0.3) is 0 Å². The third-order valence-corrected chi connectivity index (χ3v) is 5.43. The van der Waals surface area contributed by atoms with Gasteiger partial charge in [-0.3, -0.25) is 4.79 Å². The Morgan fingerprint density at radius 1 is 1.29 bits per heavy atom. The lowest BCUT2D eigenvalue weighted by Crippen LogP contribution is -2.39. The Morgan fingerprint density at radius 2 is 2.07 bits per heavy atom. The number of rotatable bonds is 7. The molecule has 1 unspecified atom stereocenters. The Kier molecular flexibility index (Phi) is 4.95. The molecule has 0 aliphatic carbocycles. The Morgan fingerprint density at radius 3 is 2.75 bits per heavy atom. The second kappa shape index (κ2) is 7.55. The summed E-state index contributed by atoms with van der Waals surface area (Å²) in [6, 6.07) is 7.93. The van der Waals surface area contributed by atoms with Gasteiger partial charge in [-0.15, -0.1) is 22.5 Å². The third-order valence-electron chi connectivity index (χ3n) is 5.43. The zero-order valence-electron chi connectivity index (χ0n) is 16.0. The molecule has 2 aliphatic heterocycles. The molecule has 144 valence electrons. The highest BCUT2D eigenvalue weighted by atomic mass is 16.4. The fourth-order valence-electron chi connectivity index (χ4n) is 3.67. The minimum Gasteiger partial charge on any atom is -0.423 e. The van der Waals surface area contributed by atoms with E-state index in [1.165, 1.54) is 5.56 Å². The van der Waals surface area contributed by atoms with Crippen molar-refractivity contribution < 1.29 is 9.21 Å². The van der Waals surface area contributed by atoms with Gasteiger partial charge in [-0.05, 0) is 11.1 Å². The minimum atomic E-state index is -0.453.